The molecule has 1 atom stereocenters. The fourth-order valence-electron chi connectivity index (χ4n) is 2.43. The quantitative estimate of drug-likeness (QED) is 0.877. The summed E-state index contributed by atoms with van der Waals surface area (Å²) in [4.78, 5) is 4.69. The highest BCUT2D eigenvalue weighted by molar-refractivity contribution is 5.77. The van der Waals surface area contributed by atoms with Crippen LogP contribution >= 0.6 is 0 Å². The van der Waals surface area contributed by atoms with E-state index in [0.29, 0.717) is 0 Å². The van der Waals surface area contributed by atoms with Gasteiger partial charge in [0.15, 0.2) is 0 Å². The standard InChI is InChI=1S/C16H25N3O/c1-5-6-7-13(17)16-18-14-10-12(20-11(2)3)8-9-15(14)19(16)4/h8-11,13H,5-7,17H2,1-4H3. The van der Waals surface area contributed by atoms with Gasteiger partial charge in [0.25, 0.3) is 0 Å². The van der Waals surface area contributed by atoms with Crippen molar-refractivity contribution < 1.29 is 4.74 Å². The summed E-state index contributed by atoms with van der Waals surface area (Å²) >= 11 is 0. The van der Waals surface area contributed by atoms with Crippen LogP contribution in [-0.4, -0.2) is 15.7 Å². The summed E-state index contributed by atoms with van der Waals surface area (Å²) in [5.74, 6) is 1.81. The molecule has 4 heteroatoms. The van der Waals surface area contributed by atoms with Crippen molar-refractivity contribution in [3.63, 3.8) is 0 Å². The third-order valence-electron chi connectivity index (χ3n) is 3.46. The van der Waals surface area contributed by atoms with Crippen molar-refractivity contribution in [1.29, 1.82) is 0 Å². The summed E-state index contributed by atoms with van der Waals surface area (Å²) in [7, 11) is 2.03. The molecule has 1 aromatic carbocycles. The first-order valence-electron chi connectivity index (χ1n) is 7.41. The SMILES string of the molecule is CCCCC(N)c1nc2cc(OC(C)C)ccc2n1C. The first kappa shape index (κ1) is 14.9. The zero-order chi connectivity index (χ0) is 14.7. The van der Waals surface area contributed by atoms with Gasteiger partial charge in [-0.3, -0.25) is 0 Å². The maximum absolute atomic E-state index is 6.25. The van der Waals surface area contributed by atoms with Gasteiger partial charge in [-0.1, -0.05) is 19.8 Å². The molecule has 0 saturated carbocycles. The van der Waals surface area contributed by atoms with Crippen LogP contribution in [0.15, 0.2) is 18.2 Å². The lowest BCUT2D eigenvalue weighted by Gasteiger charge is -2.10. The molecule has 0 amide bonds. The van der Waals surface area contributed by atoms with Crippen molar-refractivity contribution in [1.82, 2.24) is 9.55 Å². The molecule has 0 fully saturated rings. The van der Waals surface area contributed by atoms with Gasteiger partial charge in [0.1, 0.15) is 11.6 Å². The van der Waals surface area contributed by atoms with Crippen LogP contribution in [0.25, 0.3) is 11.0 Å². The largest absolute Gasteiger partial charge is 0.491 e. The average Bonchev–Trinajstić information content (AvgIpc) is 2.72. The van der Waals surface area contributed by atoms with Crippen LogP contribution < -0.4 is 10.5 Å². The minimum absolute atomic E-state index is 0.00168. The Morgan fingerprint density at radius 2 is 2.10 bits per heavy atom. The Morgan fingerprint density at radius 1 is 1.35 bits per heavy atom. The Balaban J connectivity index is 2.31. The molecular weight excluding hydrogens is 250 g/mol. The summed E-state index contributed by atoms with van der Waals surface area (Å²) in [6.07, 6.45) is 3.43. The van der Waals surface area contributed by atoms with E-state index < -0.39 is 0 Å². The number of aryl methyl sites for hydroxylation is 1. The van der Waals surface area contributed by atoms with Crippen molar-refractivity contribution in [2.75, 3.05) is 0 Å². The van der Waals surface area contributed by atoms with Crippen LogP contribution in [0.3, 0.4) is 0 Å². The van der Waals surface area contributed by atoms with Crippen molar-refractivity contribution in [3.8, 4) is 5.75 Å². The maximum atomic E-state index is 6.25. The first-order chi connectivity index (χ1) is 9.52. The van der Waals surface area contributed by atoms with E-state index in [-0.39, 0.29) is 12.1 Å². The fraction of sp³-hybridized carbons (Fsp3) is 0.562. The van der Waals surface area contributed by atoms with E-state index in [1.165, 1.54) is 0 Å². The number of benzene rings is 1. The van der Waals surface area contributed by atoms with E-state index in [4.69, 9.17) is 15.5 Å². The number of nitrogens with two attached hydrogens (primary N) is 1. The number of ether oxygens (including phenoxy) is 1. The van der Waals surface area contributed by atoms with Crippen LogP contribution in [0, 0.1) is 0 Å². The molecule has 20 heavy (non-hydrogen) atoms. The zero-order valence-corrected chi connectivity index (χ0v) is 12.9. The fourth-order valence-corrected chi connectivity index (χ4v) is 2.43. The maximum Gasteiger partial charge on any atom is 0.126 e. The highest BCUT2D eigenvalue weighted by Crippen LogP contribution is 2.25. The van der Waals surface area contributed by atoms with Crippen LogP contribution in [0.5, 0.6) is 5.75 Å². The number of unbranched alkanes of at least 4 members (excludes halogenated alkanes) is 1. The van der Waals surface area contributed by atoms with Gasteiger partial charge in [-0.2, -0.15) is 0 Å². The minimum Gasteiger partial charge on any atom is -0.491 e. The monoisotopic (exact) mass is 275 g/mol. The third kappa shape index (κ3) is 3.12. The molecule has 2 N–H and O–H groups in total. The number of aromatic nitrogens is 2. The number of fused-ring (bicyclic) bond motifs is 1. The summed E-state index contributed by atoms with van der Waals surface area (Å²) in [6.45, 7) is 6.22. The van der Waals surface area contributed by atoms with Gasteiger partial charge >= 0.3 is 0 Å². The van der Waals surface area contributed by atoms with E-state index in [9.17, 15) is 0 Å². The highest BCUT2D eigenvalue weighted by atomic mass is 16.5. The third-order valence-corrected chi connectivity index (χ3v) is 3.46. The Labute approximate surface area is 120 Å². The molecule has 0 radical (unpaired) electrons. The predicted molar refractivity (Wildman–Crippen MR) is 82.9 cm³/mol. The lowest BCUT2D eigenvalue weighted by molar-refractivity contribution is 0.242. The lowest BCUT2D eigenvalue weighted by Crippen LogP contribution is -2.15. The van der Waals surface area contributed by atoms with Gasteiger partial charge in [0.2, 0.25) is 0 Å². The lowest BCUT2D eigenvalue weighted by atomic mass is 10.1. The normalized spacial score (nSPS) is 13.1. The van der Waals surface area contributed by atoms with Gasteiger partial charge in [-0.25, -0.2) is 4.98 Å². The van der Waals surface area contributed by atoms with Gasteiger partial charge in [0.05, 0.1) is 23.2 Å². The van der Waals surface area contributed by atoms with Crippen molar-refractivity contribution >= 4 is 11.0 Å². The Morgan fingerprint density at radius 3 is 2.75 bits per heavy atom. The molecule has 2 rings (SSSR count). The van der Waals surface area contributed by atoms with Gasteiger partial charge < -0.3 is 15.0 Å². The Kier molecular flexibility index (Phi) is 4.65. The van der Waals surface area contributed by atoms with Crippen molar-refractivity contribution in [2.45, 2.75) is 52.2 Å². The first-order valence-corrected chi connectivity index (χ1v) is 7.41. The average molecular weight is 275 g/mol. The van der Waals surface area contributed by atoms with E-state index in [1.807, 2.05) is 33.0 Å². The molecule has 1 unspecified atom stereocenters. The van der Waals surface area contributed by atoms with Crippen molar-refractivity contribution in [3.05, 3.63) is 24.0 Å². The zero-order valence-electron chi connectivity index (χ0n) is 12.9. The number of hydrogen-bond acceptors (Lipinski definition) is 3. The number of nitrogens with zero attached hydrogens (tertiary/aromatic N) is 2. The number of rotatable bonds is 6. The topological polar surface area (TPSA) is 53.1 Å². The molecule has 0 aliphatic heterocycles. The highest BCUT2D eigenvalue weighted by Gasteiger charge is 2.15. The summed E-state index contributed by atoms with van der Waals surface area (Å²) in [6, 6.07) is 6.04. The van der Waals surface area contributed by atoms with E-state index in [1.54, 1.807) is 0 Å². The van der Waals surface area contributed by atoms with Crippen molar-refractivity contribution in [2.24, 2.45) is 12.8 Å². The molecule has 110 valence electrons. The molecule has 4 nitrogen and oxygen atoms in total. The smallest absolute Gasteiger partial charge is 0.126 e. The van der Waals surface area contributed by atoms with Crippen LogP contribution in [0.4, 0.5) is 0 Å². The molecule has 0 saturated heterocycles. The molecular formula is C16H25N3O. The Bertz CT molecular complexity index is 574. The van der Waals surface area contributed by atoms with Crippen LogP contribution in [-0.2, 0) is 7.05 Å². The predicted octanol–water partition coefficient (Wildman–Crippen LogP) is 3.55. The minimum atomic E-state index is 0.00168. The molecule has 0 aliphatic carbocycles. The molecule has 0 aliphatic rings. The second kappa shape index (κ2) is 6.27. The number of hydrogen-bond donors (Lipinski definition) is 1. The van der Waals surface area contributed by atoms with Gasteiger partial charge in [0, 0.05) is 13.1 Å². The van der Waals surface area contributed by atoms with Gasteiger partial charge in [-0.05, 0) is 32.4 Å². The molecule has 0 spiro atoms. The van der Waals surface area contributed by atoms with Gasteiger partial charge in [-0.15, -0.1) is 0 Å². The second-order valence-corrected chi connectivity index (χ2v) is 5.59. The summed E-state index contributed by atoms with van der Waals surface area (Å²) in [5, 5.41) is 0. The second-order valence-electron chi connectivity index (χ2n) is 5.59. The molecule has 0 bridgehead atoms. The van der Waals surface area contributed by atoms with Crippen LogP contribution in [0.1, 0.15) is 51.9 Å². The summed E-state index contributed by atoms with van der Waals surface area (Å²) in [5.41, 5.74) is 8.30. The van der Waals surface area contributed by atoms with E-state index in [2.05, 4.69) is 17.6 Å². The number of imidazole rings is 1. The molecule has 2 aromatic rings. The molecule has 1 aromatic heterocycles. The van der Waals surface area contributed by atoms with Crippen LogP contribution in [0.2, 0.25) is 0 Å². The van der Waals surface area contributed by atoms with E-state index >= 15 is 0 Å². The summed E-state index contributed by atoms with van der Waals surface area (Å²) < 4.78 is 7.81. The Hall–Kier alpha value is -1.55. The van der Waals surface area contributed by atoms with E-state index in [0.717, 1.165) is 41.9 Å². The molecule has 1 heterocycles.